The zero-order valence-corrected chi connectivity index (χ0v) is 13.9. The van der Waals surface area contributed by atoms with Crippen LogP contribution in [-0.4, -0.2) is 18.5 Å². The Balaban J connectivity index is 1.97. The number of benzene rings is 2. The Hall–Kier alpha value is -2.69. The predicted octanol–water partition coefficient (Wildman–Crippen LogP) is 3.92. The number of amides is 1. The number of carbonyl (C=O) groups excluding carboxylic acids is 2. The molecule has 24 heavy (non-hydrogen) atoms. The van der Waals surface area contributed by atoms with Crippen molar-refractivity contribution in [2.45, 2.75) is 26.2 Å². The Morgan fingerprint density at radius 2 is 1.67 bits per heavy atom. The van der Waals surface area contributed by atoms with E-state index in [9.17, 15) is 14.0 Å². The first-order chi connectivity index (χ1) is 11.3. The molecule has 0 unspecified atom stereocenters. The van der Waals surface area contributed by atoms with Gasteiger partial charge in [0.1, 0.15) is 5.82 Å². The summed E-state index contributed by atoms with van der Waals surface area (Å²) in [6.07, 6.45) is 0. The molecule has 0 heterocycles. The number of nitrogens with one attached hydrogen (secondary N) is 1. The molecular formula is C19H20FNO3. The molecule has 0 aliphatic heterocycles. The topological polar surface area (TPSA) is 55.4 Å². The minimum Gasteiger partial charge on any atom is -0.452 e. The smallest absolute Gasteiger partial charge is 0.338 e. The Bertz CT molecular complexity index is 733. The molecule has 0 atom stereocenters. The molecule has 0 aliphatic carbocycles. The fourth-order valence-corrected chi connectivity index (χ4v) is 2.23. The highest BCUT2D eigenvalue weighted by Gasteiger charge is 2.19. The summed E-state index contributed by atoms with van der Waals surface area (Å²) in [7, 11) is 0. The van der Waals surface area contributed by atoms with Gasteiger partial charge in [0.2, 0.25) is 0 Å². The van der Waals surface area contributed by atoms with Crippen LogP contribution < -0.4 is 5.32 Å². The summed E-state index contributed by atoms with van der Waals surface area (Å²) in [6, 6.07) is 12.4. The lowest BCUT2D eigenvalue weighted by Crippen LogP contribution is -2.23. The molecule has 0 fully saturated rings. The van der Waals surface area contributed by atoms with E-state index in [1.807, 2.05) is 39.0 Å². The fourth-order valence-electron chi connectivity index (χ4n) is 2.23. The average Bonchev–Trinajstić information content (AvgIpc) is 2.53. The van der Waals surface area contributed by atoms with E-state index in [1.54, 1.807) is 6.07 Å². The van der Waals surface area contributed by atoms with Gasteiger partial charge in [-0.15, -0.1) is 0 Å². The van der Waals surface area contributed by atoms with Crippen molar-refractivity contribution in [2.75, 3.05) is 11.9 Å². The number of hydrogen-bond acceptors (Lipinski definition) is 3. The summed E-state index contributed by atoms with van der Waals surface area (Å²) in [5.74, 6) is -1.54. The molecule has 0 aromatic heterocycles. The maximum Gasteiger partial charge on any atom is 0.338 e. The van der Waals surface area contributed by atoms with Gasteiger partial charge in [-0.3, -0.25) is 4.79 Å². The normalized spacial score (nSPS) is 11.0. The van der Waals surface area contributed by atoms with Crippen molar-refractivity contribution < 1.29 is 18.7 Å². The molecule has 0 bridgehead atoms. The van der Waals surface area contributed by atoms with Crippen LogP contribution in [0.2, 0.25) is 0 Å². The molecule has 5 heteroatoms. The quantitative estimate of drug-likeness (QED) is 0.865. The Morgan fingerprint density at radius 3 is 2.29 bits per heavy atom. The third-order valence-corrected chi connectivity index (χ3v) is 3.42. The van der Waals surface area contributed by atoms with E-state index in [1.165, 1.54) is 12.1 Å². The van der Waals surface area contributed by atoms with E-state index >= 15 is 0 Å². The van der Waals surface area contributed by atoms with Gasteiger partial charge in [0.15, 0.2) is 6.61 Å². The number of halogens is 1. The summed E-state index contributed by atoms with van der Waals surface area (Å²) in [5.41, 5.74) is 1.74. The molecule has 4 nitrogen and oxygen atoms in total. The first kappa shape index (κ1) is 17.7. The van der Waals surface area contributed by atoms with Gasteiger partial charge in [-0.05, 0) is 41.3 Å². The van der Waals surface area contributed by atoms with Crippen LogP contribution in [0.1, 0.15) is 36.7 Å². The third kappa shape index (κ3) is 4.65. The van der Waals surface area contributed by atoms with Gasteiger partial charge in [0, 0.05) is 5.69 Å². The zero-order chi connectivity index (χ0) is 17.7. The van der Waals surface area contributed by atoms with Crippen LogP contribution in [0.15, 0.2) is 48.5 Å². The van der Waals surface area contributed by atoms with E-state index in [2.05, 4.69) is 5.32 Å². The molecule has 0 spiro atoms. The molecule has 2 rings (SSSR count). The number of anilines is 1. The lowest BCUT2D eigenvalue weighted by Gasteiger charge is -2.22. The SMILES string of the molecule is CC(C)(C)c1ccccc1NC(=O)COC(=O)c1ccc(F)cc1. The Morgan fingerprint density at radius 1 is 1.04 bits per heavy atom. The number of esters is 1. The maximum absolute atomic E-state index is 12.8. The predicted molar refractivity (Wildman–Crippen MR) is 90.5 cm³/mol. The first-order valence-electron chi connectivity index (χ1n) is 7.59. The van der Waals surface area contributed by atoms with Gasteiger partial charge in [-0.2, -0.15) is 0 Å². The van der Waals surface area contributed by atoms with Crippen molar-refractivity contribution in [2.24, 2.45) is 0 Å². The average molecular weight is 329 g/mol. The number of ether oxygens (including phenoxy) is 1. The molecule has 0 saturated carbocycles. The zero-order valence-electron chi connectivity index (χ0n) is 13.9. The summed E-state index contributed by atoms with van der Waals surface area (Å²) >= 11 is 0. The molecule has 126 valence electrons. The first-order valence-corrected chi connectivity index (χ1v) is 7.59. The molecule has 2 aromatic rings. The molecule has 0 radical (unpaired) electrons. The highest BCUT2D eigenvalue weighted by Crippen LogP contribution is 2.29. The van der Waals surface area contributed by atoms with Crippen LogP contribution in [0.5, 0.6) is 0 Å². The van der Waals surface area contributed by atoms with Gasteiger partial charge in [-0.1, -0.05) is 39.0 Å². The van der Waals surface area contributed by atoms with E-state index in [4.69, 9.17) is 4.74 Å². The van der Waals surface area contributed by atoms with Crippen molar-refractivity contribution in [3.63, 3.8) is 0 Å². The summed E-state index contributed by atoms with van der Waals surface area (Å²) in [4.78, 5) is 23.8. The van der Waals surface area contributed by atoms with Crippen molar-refractivity contribution in [3.8, 4) is 0 Å². The molecule has 0 aliphatic rings. The van der Waals surface area contributed by atoms with Crippen molar-refractivity contribution >= 4 is 17.6 Å². The number of carbonyl (C=O) groups is 2. The lowest BCUT2D eigenvalue weighted by molar-refractivity contribution is -0.119. The maximum atomic E-state index is 12.8. The van der Waals surface area contributed by atoms with Crippen LogP contribution in [0.4, 0.5) is 10.1 Å². The van der Waals surface area contributed by atoms with Crippen LogP contribution in [0, 0.1) is 5.82 Å². The highest BCUT2D eigenvalue weighted by molar-refractivity contribution is 5.96. The van der Waals surface area contributed by atoms with E-state index in [0.29, 0.717) is 5.69 Å². The molecule has 2 aromatic carbocycles. The number of rotatable bonds is 4. The number of hydrogen-bond donors (Lipinski definition) is 1. The molecule has 0 saturated heterocycles. The van der Waals surface area contributed by atoms with E-state index in [-0.39, 0.29) is 11.0 Å². The molecular weight excluding hydrogens is 309 g/mol. The second kappa shape index (κ2) is 7.25. The fraction of sp³-hybridized carbons (Fsp3) is 0.263. The van der Waals surface area contributed by atoms with Crippen LogP contribution in [0.3, 0.4) is 0 Å². The summed E-state index contributed by atoms with van der Waals surface area (Å²) < 4.78 is 17.8. The number of para-hydroxylation sites is 1. The standard InChI is InChI=1S/C19H20FNO3/c1-19(2,3)15-6-4-5-7-16(15)21-17(22)12-24-18(23)13-8-10-14(20)11-9-13/h4-11H,12H2,1-3H3,(H,21,22). The Labute approximate surface area is 140 Å². The third-order valence-electron chi connectivity index (χ3n) is 3.42. The van der Waals surface area contributed by atoms with Crippen LogP contribution >= 0.6 is 0 Å². The highest BCUT2D eigenvalue weighted by atomic mass is 19.1. The van der Waals surface area contributed by atoms with Gasteiger partial charge < -0.3 is 10.1 Å². The minimum absolute atomic E-state index is 0.130. The summed E-state index contributed by atoms with van der Waals surface area (Å²) in [6.45, 7) is 5.74. The van der Waals surface area contributed by atoms with E-state index < -0.39 is 24.3 Å². The lowest BCUT2D eigenvalue weighted by atomic mass is 9.86. The van der Waals surface area contributed by atoms with Gasteiger partial charge in [0.25, 0.3) is 5.91 Å². The van der Waals surface area contributed by atoms with Gasteiger partial charge >= 0.3 is 5.97 Å². The van der Waals surface area contributed by atoms with E-state index in [0.717, 1.165) is 17.7 Å². The molecule has 1 N–H and O–H groups in total. The monoisotopic (exact) mass is 329 g/mol. The van der Waals surface area contributed by atoms with Crippen molar-refractivity contribution in [1.29, 1.82) is 0 Å². The molecule has 1 amide bonds. The second-order valence-electron chi connectivity index (χ2n) is 6.43. The van der Waals surface area contributed by atoms with Crippen LogP contribution in [-0.2, 0) is 14.9 Å². The van der Waals surface area contributed by atoms with Crippen molar-refractivity contribution in [1.82, 2.24) is 0 Å². The largest absolute Gasteiger partial charge is 0.452 e. The van der Waals surface area contributed by atoms with Gasteiger partial charge in [0.05, 0.1) is 5.56 Å². The van der Waals surface area contributed by atoms with Crippen molar-refractivity contribution in [3.05, 3.63) is 65.5 Å². The minimum atomic E-state index is -0.672. The second-order valence-corrected chi connectivity index (χ2v) is 6.43. The van der Waals surface area contributed by atoms with Gasteiger partial charge in [-0.25, -0.2) is 9.18 Å². The van der Waals surface area contributed by atoms with Crippen LogP contribution in [0.25, 0.3) is 0 Å². The Kier molecular flexibility index (Phi) is 5.34. The summed E-state index contributed by atoms with van der Waals surface area (Å²) in [5, 5.41) is 2.76.